The van der Waals surface area contributed by atoms with Gasteiger partial charge in [0.1, 0.15) is 0 Å². The molecule has 0 atom stereocenters. The molecule has 4 aromatic rings. The lowest BCUT2D eigenvalue weighted by Crippen LogP contribution is -2.52. The summed E-state index contributed by atoms with van der Waals surface area (Å²) in [6.07, 6.45) is 0. The Morgan fingerprint density at radius 1 is 0.880 bits per heavy atom. The highest BCUT2D eigenvalue weighted by Crippen LogP contribution is 2.28. The molecule has 25 heavy (non-hydrogen) atoms. The van der Waals surface area contributed by atoms with Gasteiger partial charge < -0.3 is 0 Å². The number of fused-ring (bicyclic) bond motifs is 1. The van der Waals surface area contributed by atoms with Crippen LogP contribution in [0.3, 0.4) is 0 Å². The van der Waals surface area contributed by atoms with Gasteiger partial charge in [-0.15, -0.1) is 0 Å². The van der Waals surface area contributed by atoms with E-state index in [1.165, 1.54) is 9.58 Å². The maximum absolute atomic E-state index is 12.6. The van der Waals surface area contributed by atoms with Crippen molar-refractivity contribution in [3.63, 3.8) is 0 Å². The van der Waals surface area contributed by atoms with E-state index in [2.05, 4.69) is 17.2 Å². The Hall–Kier alpha value is -2.92. The molecule has 3 aromatic carbocycles. The molecule has 0 aliphatic heterocycles. The molecule has 0 N–H and O–H groups in total. The van der Waals surface area contributed by atoms with E-state index >= 15 is 0 Å². The molecule has 0 unspecified atom stereocenters. The van der Waals surface area contributed by atoms with Crippen molar-refractivity contribution in [1.29, 1.82) is 0 Å². The summed E-state index contributed by atoms with van der Waals surface area (Å²) in [5.41, 5.74) is 2.19. The zero-order valence-electron chi connectivity index (χ0n) is 13.7. The molecule has 0 radical (unpaired) electrons. The van der Waals surface area contributed by atoms with Crippen LogP contribution in [-0.4, -0.2) is 9.78 Å². The Labute approximate surface area is 149 Å². The quantitative estimate of drug-likeness (QED) is 0.534. The minimum atomic E-state index is -0.165. The van der Waals surface area contributed by atoms with E-state index in [4.69, 9.17) is 0 Å². The van der Waals surface area contributed by atoms with E-state index in [0.717, 1.165) is 21.6 Å². The zero-order chi connectivity index (χ0) is 17.2. The number of aromatic nitrogens is 3. The van der Waals surface area contributed by atoms with Gasteiger partial charge >= 0.3 is 5.69 Å². The predicted octanol–water partition coefficient (Wildman–Crippen LogP) is 3.36. The van der Waals surface area contributed by atoms with Crippen LogP contribution in [0.5, 0.6) is 0 Å². The predicted molar refractivity (Wildman–Crippen MR) is 99.1 cm³/mol. The first-order valence-electron chi connectivity index (χ1n) is 7.94. The summed E-state index contributed by atoms with van der Waals surface area (Å²) in [5, 5.41) is 4.58. The molecular formula is C20H16N3OS+. The van der Waals surface area contributed by atoms with Crippen LogP contribution in [-0.2, 0) is 7.05 Å². The van der Waals surface area contributed by atoms with Gasteiger partial charge in [0.25, 0.3) is 0 Å². The van der Waals surface area contributed by atoms with Gasteiger partial charge in [-0.05, 0) is 42.5 Å². The summed E-state index contributed by atoms with van der Waals surface area (Å²) in [5.74, 6) is 0. The highest BCUT2D eigenvalue weighted by Gasteiger charge is 2.17. The molecule has 0 spiro atoms. The number of hydrogen-bond acceptors (Lipinski definition) is 3. The SMILES string of the molecule is C[n+]1c(=O)n(-c2ccccc2)nc2cc(Sc3ccccc3)ccc21. The summed E-state index contributed by atoms with van der Waals surface area (Å²) in [6, 6.07) is 25.7. The summed E-state index contributed by atoms with van der Waals surface area (Å²) in [6.45, 7) is 0. The second kappa shape index (κ2) is 6.53. The molecule has 0 saturated heterocycles. The van der Waals surface area contributed by atoms with Crippen LogP contribution in [0.2, 0.25) is 0 Å². The van der Waals surface area contributed by atoms with Gasteiger partial charge in [-0.2, -0.15) is 9.36 Å². The number of hydrogen-bond donors (Lipinski definition) is 0. The Bertz CT molecular complexity index is 1090. The van der Waals surface area contributed by atoms with Gasteiger partial charge in [0.2, 0.25) is 0 Å². The van der Waals surface area contributed by atoms with Gasteiger partial charge in [0.05, 0.1) is 7.05 Å². The van der Waals surface area contributed by atoms with Gasteiger partial charge in [-0.1, -0.05) is 57.9 Å². The lowest BCUT2D eigenvalue weighted by molar-refractivity contribution is -0.665. The van der Waals surface area contributed by atoms with Gasteiger partial charge in [0.15, 0.2) is 16.7 Å². The van der Waals surface area contributed by atoms with Crippen LogP contribution in [0.15, 0.2) is 93.4 Å². The second-order valence-corrected chi connectivity index (χ2v) is 6.80. The summed E-state index contributed by atoms with van der Waals surface area (Å²) >= 11 is 1.68. The van der Waals surface area contributed by atoms with Crippen LogP contribution in [0.25, 0.3) is 16.7 Å². The molecule has 0 amide bonds. The van der Waals surface area contributed by atoms with E-state index in [0.29, 0.717) is 0 Å². The molecule has 122 valence electrons. The van der Waals surface area contributed by atoms with Gasteiger partial charge in [-0.3, -0.25) is 0 Å². The smallest absolute Gasteiger partial charge is 0.194 e. The van der Waals surface area contributed by atoms with Crippen molar-refractivity contribution in [2.45, 2.75) is 9.79 Å². The standard InChI is InChI=1S/C20H16N3OS/c1-22-19-13-12-17(25-16-10-6-3-7-11-16)14-18(19)21-23(20(22)24)15-8-4-2-5-9-15/h2-14H,1H3/q+1. The van der Waals surface area contributed by atoms with Crippen molar-refractivity contribution in [2.24, 2.45) is 7.05 Å². The normalized spacial score (nSPS) is 10.9. The van der Waals surface area contributed by atoms with E-state index in [1.807, 2.05) is 66.7 Å². The molecule has 1 aromatic heterocycles. The highest BCUT2D eigenvalue weighted by atomic mass is 32.2. The number of para-hydroxylation sites is 1. The number of aryl methyl sites for hydroxylation is 1. The third kappa shape index (κ3) is 3.06. The van der Waals surface area contributed by atoms with E-state index in [9.17, 15) is 4.79 Å². The third-order valence-electron chi connectivity index (χ3n) is 3.96. The van der Waals surface area contributed by atoms with Crippen molar-refractivity contribution in [3.8, 4) is 5.69 Å². The molecule has 0 aliphatic carbocycles. The molecule has 0 fully saturated rings. The van der Waals surface area contributed by atoms with E-state index in [-0.39, 0.29) is 5.69 Å². The third-order valence-corrected chi connectivity index (χ3v) is 4.96. The average Bonchev–Trinajstić information content (AvgIpc) is 2.66. The van der Waals surface area contributed by atoms with E-state index < -0.39 is 0 Å². The molecule has 4 rings (SSSR count). The van der Waals surface area contributed by atoms with Crippen LogP contribution in [0, 0.1) is 0 Å². The lowest BCUT2D eigenvalue weighted by Gasteiger charge is -2.05. The lowest BCUT2D eigenvalue weighted by atomic mass is 10.3. The van der Waals surface area contributed by atoms with Crippen molar-refractivity contribution >= 4 is 22.8 Å². The van der Waals surface area contributed by atoms with Crippen molar-refractivity contribution in [2.75, 3.05) is 0 Å². The highest BCUT2D eigenvalue weighted by molar-refractivity contribution is 7.99. The van der Waals surface area contributed by atoms with Crippen molar-refractivity contribution in [3.05, 3.63) is 89.3 Å². The Kier molecular flexibility index (Phi) is 4.07. The first kappa shape index (κ1) is 15.6. The van der Waals surface area contributed by atoms with Crippen LogP contribution in [0.4, 0.5) is 0 Å². The van der Waals surface area contributed by atoms with Gasteiger partial charge in [-0.25, -0.2) is 0 Å². The largest absolute Gasteiger partial charge is 0.524 e. The fourth-order valence-corrected chi connectivity index (χ4v) is 3.56. The molecule has 1 heterocycles. The topological polar surface area (TPSA) is 38.8 Å². The molecule has 0 saturated carbocycles. The first-order valence-corrected chi connectivity index (χ1v) is 8.75. The Morgan fingerprint density at radius 3 is 2.28 bits per heavy atom. The minimum absolute atomic E-state index is 0.165. The Balaban J connectivity index is 1.84. The molecular weight excluding hydrogens is 330 g/mol. The van der Waals surface area contributed by atoms with Crippen LogP contribution >= 0.6 is 11.8 Å². The maximum Gasteiger partial charge on any atom is 0.524 e. The molecule has 0 bridgehead atoms. The fraction of sp³-hybridized carbons (Fsp3) is 0.0500. The summed E-state index contributed by atoms with van der Waals surface area (Å²) < 4.78 is 3.07. The second-order valence-electron chi connectivity index (χ2n) is 5.65. The number of rotatable bonds is 3. The fourth-order valence-electron chi connectivity index (χ4n) is 2.69. The maximum atomic E-state index is 12.6. The summed E-state index contributed by atoms with van der Waals surface area (Å²) in [7, 11) is 1.77. The molecule has 0 aliphatic rings. The molecule has 5 heteroatoms. The van der Waals surface area contributed by atoms with Gasteiger partial charge in [0, 0.05) is 9.79 Å². The number of nitrogens with zero attached hydrogens (tertiary/aromatic N) is 3. The van der Waals surface area contributed by atoms with E-state index in [1.54, 1.807) is 23.4 Å². The Morgan fingerprint density at radius 2 is 1.56 bits per heavy atom. The zero-order valence-corrected chi connectivity index (χ0v) is 14.5. The monoisotopic (exact) mass is 346 g/mol. The van der Waals surface area contributed by atoms with Crippen molar-refractivity contribution in [1.82, 2.24) is 9.78 Å². The van der Waals surface area contributed by atoms with Crippen molar-refractivity contribution < 1.29 is 4.57 Å². The first-order chi connectivity index (χ1) is 12.2. The minimum Gasteiger partial charge on any atom is -0.194 e. The average molecular weight is 346 g/mol. The number of benzene rings is 3. The van der Waals surface area contributed by atoms with Crippen LogP contribution < -0.4 is 10.3 Å². The van der Waals surface area contributed by atoms with Crippen LogP contribution in [0.1, 0.15) is 0 Å². The summed E-state index contributed by atoms with van der Waals surface area (Å²) in [4.78, 5) is 14.9. The molecule has 4 nitrogen and oxygen atoms in total.